The summed E-state index contributed by atoms with van der Waals surface area (Å²) in [6.07, 6.45) is 5.92. The van der Waals surface area contributed by atoms with E-state index < -0.39 is 11.2 Å². The van der Waals surface area contributed by atoms with E-state index in [4.69, 9.17) is 0 Å². The molecule has 0 unspecified atom stereocenters. The number of amides is 1. The molecule has 0 aromatic carbocycles. The molecule has 2 aromatic rings. The number of H-pyrrole nitrogens is 1. The Labute approximate surface area is 151 Å². The number of likely N-dealkylation sites (tertiary alicyclic amines) is 1. The Balaban J connectivity index is 1.95. The van der Waals surface area contributed by atoms with Crippen LogP contribution in [0.3, 0.4) is 0 Å². The monoisotopic (exact) mass is 356 g/mol. The number of aryl methyl sites for hydroxylation is 1. The molecule has 0 spiro atoms. The number of nitrogens with zero attached hydrogens (tertiary/aromatic N) is 3. The van der Waals surface area contributed by atoms with Crippen LogP contribution in [-0.4, -0.2) is 38.4 Å². The van der Waals surface area contributed by atoms with Gasteiger partial charge in [0.05, 0.1) is 10.9 Å². The van der Waals surface area contributed by atoms with E-state index in [0.29, 0.717) is 36.8 Å². The molecule has 1 aliphatic heterocycles. The lowest BCUT2D eigenvalue weighted by molar-refractivity contribution is 0.0726. The molecule has 4 rings (SSSR count). The summed E-state index contributed by atoms with van der Waals surface area (Å²) in [5.41, 5.74) is 0.594. The maximum Gasteiger partial charge on any atom is 0.329 e. The molecule has 1 N–H and O–H groups in total. The first kappa shape index (κ1) is 17.0. The molecule has 0 atom stereocenters. The molecule has 1 saturated carbocycles. The Bertz CT molecular complexity index is 965. The van der Waals surface area contributed by atoms with E-state index in [1.807, 2.05) is 11.8 Å². The van der Waals surface area contributed by atoms with Gasteiger partial charge in [0.1, 0.15) is 0 Å². The zero-order valence-corrected chi connectivity index (χ0v) is 15.1. The molecule has 2 aromatic heterocycles. The van der Waals surface area contributed by atoms with Crippen molar-refractivity contribution in [3.63, 3.8) is 0 Å². The smallest absolute Gasteiger partial charge is 0.329 e. The number of hydrogen-bond acceptors (Lipinski definition) is 4. The molecular weight excluding hydrogens is 332 g/mol. The van der Waals surface area contributed by atoms with Crippen LogP contribution in [0.25, 0.3) is 11.0 Å². The lowest BCUT2D eigenvalue weighted by atomic mass is 10.1. The fourth-order valence-corrected chi connectivity index (χ4v) is 3.75. The van der Waals surface area contributed by atoms with Crippen LogP contribution >= 0.6 is 0 Å². The summed E-state index contributed by atoms with van der Waals surface area (Å²) in [7, 11) is 0. The molecule has 138 valence electrons. The van der Waals surface area contributed by atoms with Crippen LogP contribution in [-0.2, 0) is 6.54 Å². The molecule has 1 saturated heterocycles. The topological polar surface area (TPSA) is 88.1 Å². The second-order valence-corrected chi connectivity index (χ2v) is 7.33. The fraction of sp³-hybridized carbons (Fsp3) is 0.579. The van der Waals surface area contributed by atoms with E-state index in [1.165, 1.54) is 4.57 Å². The van der Waals surface area contributed by atoms with Crippen molar-refractivity contribution in [2.45, 2.75) is 57.9 Å². The summed E-state index contributed by atoms with van der Waals surface area (Å²) >= 11 is 0. The van der Waals surface area contributed by atoms with Crippen LogP contribution < -0.4 is 11.2 Å². The van der Waals surface area contributed by atoms with E-state index >= 15 is 0 Å². The normalized spacial score (nSPS) is 17.7. The predicted octanol–water partition coefficient (Wildman–Crippen LogP) is 2.00. The highest BCUT2D eigenvalue weighted by Gasteiger charge is 2.30. The minimum absolute atomic E-state index is 0.119. The summed E-state index contributed by atoms with van der Waals surface area (Å²) in [5, 5.41) is 0.248. The van der Waals surface area contributed by atoms with Gasteiger partial charge in [0, 0.05) is 31.2 Å². The number of hydrogen-bond donors (Lipinski definition) is 1. The van der Waals surface area contributed by atoms with Gasteiger partial charge in [-0.2, -0.15) is 0 Å². The summed E-state index contributed by atoms with van der Waals surface area (Å²) < 4.78 is 1.50. The minimum Gasteiger partial charge on any atom is -0.339 e. The largest absolute Gasteiger partial charge is 0.339 e. The number of aromatic amines is 1. The van der Waals surface area contributed by atoms with E-state index in [9.17, 15) is 14.4 Å². The second-order valence-electron chi connectivity index (χ2n) is 7.33. The Kier molecular flexibility index (Phi) is 4.38. The van der Waals surface area contributed by atoms with Crippen molar-refractivity contribution < 1.29 is 4.79 Å². The van der Waals surface area contributed by atoms with Crippen molar-refractivity contribution in [1.82, 2.24) is 19.4 Å². The predicted molar refractivity (Wildman–Crippen MR) is 98.6 cm³/mol. The van der Waals surface area contributed by atoms with E-state index in [-0.39, 0.29) is 11.3 Å². The van der Waals surface area contributed by atoms with Gasteiger partial charge in [-0.05, 0) is 44.6 Å². The van der Waals surface area contributed by atoms with Gasteiger partial charge in [0.25, 0.3) is 11.5 Å². The van der Waals surface area contributed by atoms with Gasteiger partial charge >= 0.3 is 5.69 Å². The van der Waals surface area contributed by atoms with Crippen LogP contribution in [0, 0.1) is 0 Å². The van der Waals surface area contributed by atoms with Crippen LogP contribution in [0.4, 0.5) is 0 Å². The molecule has 7 heteroatoms. The second kappa shape index (κ2) is 6.70. The quantitative estimate of drug-likeness (QED) is 0.907. The number of rotatable bonds is 4. The number of carbonyl (C=O) groups is 1. The first-order chi connectivity index (χ1) is 12.6. The zero-order chi connectivity index (χ0) is 18.3. The van der Waals surface area contributed by atoms with Crippen LogP contribution in [0.2, 0.25) is 0 Å². The third kappa shape index (κ3) is 2.95. The van der Waals surface area contributed by atoms with Gasteiger partial charge in [0.15, 0.2) is 5.65 Å². The summed E-state index contributed by atoms with van der Waals surface area (Å²) in [6.45, 7) is 3.86. The third-order valence-corrected chi connectivity index (χ3v) is 5.29. The third-order valence-electron chi connectivity index (χ3n) is 5.29. The highest BCUT2D eigenvalue weighted by molar-refractivity contribution is 6.05. The van der Waals surface area contributed by atoms with Crippen molar-refractivity contribution in [2.24, 2.45) is 0 Å². The Hall–Kier alpha value is -2.44. The Morgan fingerprint density at radius 3 is 2.62 bits per heavy atom. The molecule has 0 bridgehead atoms. The number of pyridine rings is 1. The van der Waals surface area contributed by atoms with E-state index in [0.717, 1.165) is 44.2 Å². The maximum absolute atomic E-state index is 13.2. The fourth-order valence-electron chi connectivity index (χ4n) is 3.75. The SMILES string of the molecule is CCCn1c(=O)[nH]c(=O)c2c(C(=O)N3CCCCC3)cc(C3CC3)nc21. The first-order valence-electron chi connectivity index (χ1n) is 9.57. The minimum atomic E-state index is -0.521. The average Bonchev–Trinajstić information content (AvgIpc) is 3.49. The molecule has 1 aliphatic carbocycles. The molecule has 26 heavy (non-hydrogen) atoms. The van der Waals surface area contributed by atoms with Gasteiger partial charge in [0.2, 0.25) is 0 Å². The zero-order valence-electron chi connectivity index (χ0n) is 15.1. The molecule has 0 radical (unpaired) electrons. The van der Waals surface area contributed by atoms with Crippen molar-refractivity contribution in [1.29, 1.82) is 0 Å². The van der Waals surface area contributed by atoms with E-state index in [2.05, 4.69) is 9.97 Å². The van der Waals surface area contributed by atoms with Gasteiger partial charge in [-0.25, -0.2) is 9.78 Å². The molecular formula is C19H24N4O3. The van der Waals surface area contributed by atoms with Crippen molar-refractivity contribution in [3.05, 3.63) is 38.2 Å². The first-order valence-corrected chi connectivity index (χ1v) is 9.57. The van der Waals surface area contributed by atoms with Gasteiger partial charge in [-0.15, -0.1) is 0 Å². The maximum atomic E-state index is 13.2. The van der Waals surface area contributed by atoms with Crippen LogP contribution in [0.15, 0.2) is 15.7 Å². The van der Waals surface area contributed by atoms with E-state index in [1.54, 1.807) is 6.07 Å². The van der Waals surface area contributed by atoms with Gasteiger partial charge in [-0.1, -0.05) is 6.92 Å². The molecule has 2 aliphatic rings. The van der Waals surface area contributed by atoms with Crippen molar-refractivity contribution in [2.75, 3.05) is 13.1 Å². The Morgan fingerprint density at radius 1 is 1.23 bits per heavy atom. The number of piperidine rings is 1. The van der Waals surface area contributed by atoms with Crippen molar-refractivity contribution >= 4 is 16.9 Å². The molecule has 7 nitrogen and oxygen atoms in total. The highest BCUT2D eigenvalue weighted by Crippen LogP contribution is 2.40. The highest BCUT2D eigenvalue weighted by atomic mass is 16.2. The van der Waals surface area contributed by atoms with Crippen molar-refractivity contribution in [3.8, 4) is 0 Å². The molecule has 2 fully saturated rings. The summed E-state index contributed by atoms with van der Waals surface area (Å²) in [4.78, 5) is 46.9. The average molecular weight is 356 g/mol. The lowest BCUT2D eigenvalue weighted by Gasteiger charge is -2.27. The van der Waals surface area contributed by atoms with Gasteiger partial charge in [-0.3, -0.25) is 19.1 Å². The van der Waals surface area contributed by atoms with Crippen LogP contribution in [0.5, 0.6) is 0 Å². The van der Waals surface area contributed by atoms with Gasteiger partial charge < -0.3 is 4.90 Å². The Morgan fingerprint density at radius 2 is 1.96 bits per heavy atom. The number of carbonyl (C=O) groups excluding carboxylic acids is 1. The standard InChI is InChI=1S/C19H24N4O3/c1-2-8-23-16-15(17(24)21-19(23)26)13(11-14(20-16)12-6-7-12)18(25)22-9-4-3-5-10-22/h11-12H,2-10H2,1H3,(H,21,24,26). The van der Waals surface area contributed by atoms with Crippen LogP contribution in [0.1, 0.15) is 67.4 Å². The molecule has 3 heterocycles. The number of aromatic nitrogens is 3. The molecule has 1 amide bonds. The number of nitrogens with one attached hydrogen (secondary N) is 1. The summed E-state index contributed by atoms with van der Waals surface area (Å²) in [5.74, 6) is 0.211. The number of fused-ring (bicyclic) bond motifs is 1. The summed E-state index contributed by atoms with van der Waals surface area (Å²) in [6, 6.07) is 1.78. The lowest BCUT2D eigenvalue weighted by Crippen LogP contribution is -2.37.